The molecule has 0 bridgehead atoms. The Morgan fingerprint density at radius 3 is 2.45 bits per heavy atom. The molecule has 0 saturated carbocycles. The number of benzene rings is 2. The molecular weight excluding hydrogens is 318 g/mol. The molecular formula is C17H10ClNO2S. The van der Waals surface area contributed by atoms with Crippen molar-refractivity contribution in [2.45, 2.75) is 6.54 Å². The van der Waals surface area contributed by atoms with Crippen molar-refractivity contribution in [3.8, 4) is 0 Å². The van der Waals surface area contributed by atoms with E-state index < -0.39 is 0 Å². The fourth-order valence-electron chi connectivity index (χ4n) is 2.81. The highest BCUT2D eigenvalue weighted by atomic mass is 35.5. The van der Waals surface area contributed by atoms with Crippen LogP contribution in [0.2, 0.25) is 5.02 Å². The molecule has 1 aromatic heterocycles. The molecule has 3 aromatic rings. The molecule has 2 amide bonds. The van der Waals surface area contributed by atoms with Crippen LogP contribution in [0.25, 0.3) is 10.8 Å². The van der Waals surface area contributed by atoms with E-state index in [1.807, 2.05) is 23.6 Å². The van der Waals surface area contributed by atoms with Crippen LogP contribution in [-0.2, 0) is 6.54 Å². The normalized spacial score (nSPS) is 14.0. The summed E-state index contributed by atoms with van der Waals surface area (Å²) in [6.45, 7) is 0.299. The van der Waals surface area contributed by atoms with Crippen molar-refractivity contribution in [1.82, 2.24) is 4.90 Å². The number of hydrogen-bond donors (Lipinski definition) is 0. The predicted octanol–water partition coefficient (Wildman–Crippen LogP) is 4.35. The van der Waals surface area contributed by atoms with Crippen molar-refractivity contribution in [2.24, 2.45) is 0 Å². The molecule has 0 fully saturated rings. The maximum atomic E-state index is 12.7. The lowest BCUT2D eigenvalue weighted by atomic mass is 9.94. The minimum absolute atomic E-state index is 0.265. The summed E-state index contributed by atoms with van der Waals surface area (Å²) in [7, 11) is 0. The maximum Gasteiger partial charge on any atom is 0.261 e. The SMILES string of the molecule is O=C1c2cccc3c(Cl)ccc(c23)C(=O)N1Cc1cccs1. The predicted molar refractivity (Wildman–Crippen MR) is 87.5 cm³/mol. The third kappa shape index (κ3) is 1.88. The van der Waals surface area contributed by atoms with E-state index in [4.69, 9.17) is 11.6 Å². The summed E-state index contributed by atoms with van der Waals surface area (Å²) in [5.41, 5.74) is 1.07. The highest BCUT2D eigenvalue weighted by Crippen LogP contribution is 2.34. The van der Waals surface area contributed by atoms with E-state index in [1.165, 1.54) is 16.2 Å². The molecule has 0 unspecified atom stereocenters. The molecule has 108 valence electrons. The minimum Gasteiger partial charge on any atom is -0.269 e. The van der Waals surface area contributed by atoms with E-state index in [1.54, 1.807) is 24.3 Å². The van der Waals surface area contributed by atoms with Crippen molar-refractivity contribution in [2.75, 3.05) is 0 Å². The first-order valence-corrected chi connectivity index (χ1v) is 8.02. The first kappa shape index (κ1) is 13.5. The Morgan fingerprint density at radius 1 is 0.955 bits per heavy atom. The summed E-state index contributed by atoms with van der Waals surface area (Å²) in [6.07, 6.45) is 0. The van der Waals surface area contributed by atoms with E-state index >= 15 is 0 Å². The van der Waals surface area contributed by atoms with Crippen LogP contribution >= 0.6 is 22.9 Å². The van der Waals surface area contributed by atoms with Gasteiger partial charge in [0.15, 0.2) is 0 Å². The second-order valence-corrected chi connectivity index (χ2v) is 6.54. The zero-order valence-electron chi connectivity index (χ0n) is 11.4. The molecule has 0 radical (unpaired) electrons. The molecule has 4 rings (SSSR count). The molecule has 1 aliphatic rings. The van der Waals surface area contributed by atoms with E-state index in [2.05, 4.69) is 0 Å². The van der Waals surface area contributed by atoms with Crippen LogP contribution in [0.15, 0.2) is 47.8 Å². The lowest BCUT2D eigenvalue weighted by Gasteiger charge is -2.27. The van der Waals surface area contributed by atoms with E-state index in [0.717, 1.165) is 10.3 Å². The highest BCUT2D eigenvalue weighted by Gasteiger charge is 2.33. The molecule has 0 saturated heterocycles. The average Bonchev–Trinajstić information content (AvgIpc) is 3.03. The van der Waals surface area contributed by atoms with E-state index in [9.17, 15) is 9.59 Å². The Balaban J connectivity index is 1.91. The average molecular weight is 328 g/mol. The molecule has 0 atom stereocenters. The van der Waals surface area contributed by atoms with Gasteiger partial charge in [0.25, 0.3) is 11.8 Å². The summed E-state index contributed by atoms with van der Waals surface area (Å²) in [5, 5.41) is 3.89. The van der Waals surface area contributed by atoms with Crippen LogP contribution in [0.3, 0.4) is 0 Å². The number of hydrogen-bond acceptors (Lipinski definition) is 3. The second kappa shape index (κ2) is 4.93. The van der Waals surface area contributed by atoms with Crippen molar-refractivity contribution < 1.29 is 9.59 Å². The van der Waals surface area contributed by atoms with Gasteiger partial charge in [0, 0.05) is 31.8 Å². The zero-order valence-corrected chi connectivity index (χ0v) is 12.9. The molecule has 3 nitrogen and oxygen atoms in total. The quantitative estimate of drug-likeness (QED) is 0.656. The van der Waals surface area contributed by atoms with Gasteiger partial charge in [0.05, 0.1) is 6.54 Å². The Hall–Kier alpha value is -2.17. The summed E-state index contributed by atoms with van der Waals surface area (Å²) in [5.74, 6) is -0.530. The van der Waals surface area contributed by atoms with Crippen LogP contribution in [-0.4, -0.2) is 16.7 Å². The van der Waals surface area contributed by atoms with E-state index in [0.29, 0.717) is 28.1 Å². The highest BCUT2D eigenvalue weighted by molar-refractivity contribution is 7.09. The van der Waals surface area contributed by atoms with Gasteiger partial charge in [-0.3, -0.25) is 14.5 Å². The molecule has 5 heteroatoms. The Morgan fingerprint density at radius 2 is 1.73 bits per heavy atom. The number of halogens is 1. The fourth-order valence-corrected chi connectivity index (χ4v) is 3.73. The fraction of sp³-hybridized carbons (Fsp3) is 0.0588. The second-order valence-electron chi connectivity index (χ2n) is 5.10. The van der Waals surface area contributed by atoms with Gasteiger partial charge in [-0.1, -0.05) is 29.8 Å². The monoisotopic (exact) mass is 327 g/mol. The van der Waals surface area contributed by atoms with Crippen molar-refractivity contribution in [3.63, 3.8) is 0 Å². The van der Waals surface area contributed by atoms with Crippen molar-refractivity contribution in [1.29, 1.82) is 0 Å². The van der Waals surface area contributed by atoms with Gasteiger partial charge < -0.3 is 0 Å². The van der Waals surface area contributed by atoms with Crippen molar-refractivity contribution >= 4 is 45.5 Å². The lowest BCUT2D eigenvalue weighted by molar-refractivity contribution is 0.0600. The summed E-state index contributed by atoms with van der Waals surface area (Å²) >= 11 is 7.72. The molecule has 0 spiro atoms. The van der Waals surface area contributed by atoms with Crippen LogP contribution < -0.4 is 0 Å². The van der Waals surface area contributed by atoms with Crippen LogP contribution in [0.1, 0.15) is 25.6 Å². The molecule has 0 aliphatic carbocycles. The summed E-state index contributed by atoms with van der Waals surface area (Å²) < 4.78 is 0. The third-order valence-corrected chi connectivity index (χ3v) is 5.02. The number of imide groups is 1. The van der Waals surface area contributed by atoms with Gasteiger partial charge in [-0.15, -0.1) is 11.3 Å². The lowest BCUT2D eigenvalue weighted by Crippen LogP contribution is -2.39. The van der Waals surface area contributed by atoms with Gasteiger partial charge in [0.2, 0.25) is 0 Å². The summed E-state index contributed by atoms with van der Waals surface area (Å²) in [4.78, 5) is 27.7. The Labute approximate surface area is 135 Å². The summed E-state index contributed by atoms with van der Waals surface area (Å²) in [6, 6.07) is 12.6. The number of carbonyl (C=O) groups excluding carboxylic acids is 2. The smallest absolute Gasteiger partial charge is 0.261 e. The number of nitrogens with zero attached hydrogens (tertiary/aromatic N) is 1. The number of amides is 2. The zero-order chi connectivity index (χ0) is 15.3. The standard InChI is InChI=1S/C17H10ClNO2S/c18-14-7-6-13-15-11(14)4-1-5-12(15)16(20)19(17(13)21)9-10-3-2-8-22-10/h1-8H,9H2. The first-order chi connectivity index (χ1) is 10.7. The van der Waals surface area contributed by atoms with Gasteiger partial charge in [-0.25, -0.2) is 0 Å². The third-order valence-electron chi connectivity index (χ3n) is 3.83. The van der Waals surface area contributed by atoms with Crippen molar-refractivity contribution in [3.05, 3.63) is 68.9 Å². The van der Waals surface area contributed by atoms with Gasteiger partial charge >= 0.3 is 0 Å². The molecule has 0 N–H and O–H groups in total. The maximum absolute atomic E-state index is 12.7. The molecule has 22 heavy (non-hydrogen) atoms. The van der Waals surface area contributed by atoms with Gasteiger partial charge in [0.1, 0.15) is 0 Å². The first-order valence-electron chi connectivity index (χ1n) is 6.76. The molecule has 1 aliphatic heterocycles. The van der Waals surface area contributed by atoms with Gasteiger partial charge in [-0.2, -0.15) is 0 Å². The number of rotatable bonds is 2. The number of carbonyl (C=O) groups is 2. The Kier molecular flexibility index (Phi) is 3.03. The molecule has 2 aromatic carbocycles. The minimum atomic E-state index is -0.265. The van der Waals surface area contributed by atoms with Gasteiger partial charge in [-0.05, 0) is 29.6 Å². The van der Waals surface area contributed by atoms with Crippen LogP contribution in [0.4, 0.5) is 0 Å². The number of thiophene rings is 1. The largest absolute Gasteiger partial charge is 0.269 e. The van der Waals surface area contributed by atoms with E-state index in [-0.39, 0.29) is 11.8 Å². The topological polar surface area (TPSA) is 37.4 Å². The Bertz CT molecular complexity index is 896. The van der Waals surface area contributed by atoms with Crippen LogP contribution in [0.5, 0.6) is 0 Å². The molecule has 2 heterocycles. The van der Waals surface area contributed by atoms with Crippen LogP contribution in [0, 0.1) is 0 Å².